The van der Waals surface area contributed by atoms with Gasteiger partial charge in [-0.15, -0.1) is 0 Å². The summed E-state index contributed by atoms with van der Waals surface area (Å²) in [7, 11) is -2.53. The maximum atomic E-state index is 14.8. The number of nitrogens with one attached hydrogen (secondary N) is 1. The summed E-state index contributed by atoms with van der Waals surface area (Å²) in [6.07, 6.45) is 1.84. The van der Waals surface area contributed by atoms with Crippen molar-refractivity contribution in [2.45, 2.75) is 49.4 Å². The number of nitrogens with two attached hydrogens (primary N) is 1. The standard InChI is InChI=1S/C34H37FN4O6S/c1-5-45-28-19-22(10-13-27(28)35)30(38-23-11-12-24-21(18-23)14-16-37-32(24)36)33(40)39-17-15-26(34(41)44-4)31(39)25-8-6-7-9-29(25)46(42,43)20(2)3/h6-14,16,18-20,26,30-31,38H,5,15,17H2,1-4H3,(H2,36,37). The highest BCUT2D eigenvalue weighted by molar-refractivity contribution is 7.92. The molecule has 1 amide bonds. The molecule has 0 spiro atoms. The van der Waals surface area contributed by atoms with E-state index >= 15 is 0 Å². The summed E-state index contributed by atoms with van der Waals surface area (Å²) in [6.45, 7) is 5.25. The molecule has 0 radical (unpaired) electrons. The van der Waals surface area contributed by atoms with Crippen molar-refractivity contribution in [2.75, 3.05) is 31.3 Å². The van der Waals surface area contributed by atoms with Gasteiger partial charge in [-0.25, -0.2) is 17.8 Å². The van der Waals surface area contributed by atoms with E-state index in [0.717, 1.165) is 10.8 Å². The van der Waals surface area contributed by atoms with E-state index in [4.69, 9.17) is 15.2 Å². The molecule has 1 aromatic heterocycles. The minimum absolute atomic E-state index is 0.0178. The number of methoxy groups -OCH3 is 1. The molecule has 4 aromatic rings. The third kappa shape index (κ3) is 6.21. The van der Waals surface area contributed by atoms with Crippen molar-refractivity contribution in [3.8, 4) is 5.75 Å². The number of halogens is 1. The molecule has 1 fully saturated rings. The molecule has 3 aromatic carbocycles. The van der Waals surface area contributed by atoms with Gasteiger partial charge in [-0.2, -0.15) is 0 Å². The van der Waals surface area contributed by atoms with Crippen LogP contribution in [0.4, 0.5) is 15.9 Å². The van der Waals surface area contributed by atoms with E-state index < -0.39 is 50.8 Å². The molecule has 10 nitrogen and oxygen atoms in total. The van der Waals surface area contributed by atoms with Crippen LogP contribution in [-0.4, -0.2) is 55.7 Å². The van der Waals surface area contributed by atoms with Crippen LogP contribution in [0, 0.1) is 11.7 Å². The van der Waals surface area contributed by atoms with E-state index in [0.29, 0.717) is 22.6 Å². The number of carbonyl (C=O) groups is 2. The summed E-state index contributed by atoms with van der Waals surface area (Å²) >= 11 is 0. The first-order valence-corrected chi connectivity index (χ1v) is 16.6. The van der Waals surface area contributed by atoms with Gasteiger partial charge in [0.2, 0.25) is 5.91 Å². The van der Waals surface area contributed by atoms with Crippen LogP contribution in [0.1, 0.15) is 50.4 Å². The van der Waals surface area contributed by atoms with Crippen molar-refractivity contribution in [3.05, 3.63) is 89.9 Å². The van der Waals surface area contributed by atoms with Gasteiger partial charge in [0.05, 0.1) is 35.8 Å². The topological polar surface area (TPSA) is 141 Å². The Morgan fingerprint density at radius 3 is 2.59 bits per heavy atom. The average molecular weight is 649 g/mol. The van der Waals surface area contributed by atoms with Gasteiger partial charge < -0.3 is 25.4 Å². The number of nitrogen functional groups attached to an aromatic ring is 1. The van der Waals surface area contributed by atoms with Crippen LogP contribution in [0.5, 0.6) is 5.75 Å². The molecule has 1 saturated heterocycles. The van der Waals surface area contributed by atoms with Crippen LogP contribution in [0.3, 0.4) is 0 Å². The summed E-state index contributed by atoms with van der Waals surface area (Å²) in [5.41, 5.74) is 7.36. The van der Waals surface area contributed by atoms with E-state index in [1.54, 1.807) is 63.4 Å². The van der Waals surface area contributed by atoms with Crippen molar-refractivity contribution in [2.24, 2.45) is 5.92 Å². The van der Waals surface area contributed by atoms with Crippen molar-refractivity contribution < 1.29 is 31.9 Å². The number of esters is 1. The van der Waals surface area contributed by atoms with E-state index in [9.17, 15) is 22.4 Å². The van der Waals surface area contributed by atoms with Crippen molar-refractivity contribution in [1.29, 1.82) is 0 Å². The average Bonchev–Trinajstić information content (AvgIpc) is 3.49. The molecular weight excluding hydrogens is 611 g/mol. The lowest BCUT2D eigenvalue weighted by Gasteiger charge is -2.33. The van der Waals surface area contributed by atoms with Crippen LogP contribution < -0.4 is 15.8 Å². The number of anilines is 2. The van der Waals surface area contributed by atoms with Gasteiger partial charge in [0.15, 0.2) is 21.4 Å². The zero-order valence-corrected chi connectivity index (χ0v) is 26.9. The Labute approximate surface area is 267 Å². The molecule has 3 atom stereocenters. The maximum absolute atomic E-state index is 14.8. The largest absolute Gasteiger partial charge is 0.491 e. The van der Waals surface area contributed by atoms with Gasteiger partial charge in [0.1, 0.15) is 11.9 Å². The molecule has 1 aliphatic rings. The molecule has 0 aliphatic carbocycles. The summed E-state index contributed by atoms with van der Waals surface area (Å²) in [4.78, 5) is 33.5. The van der Waals surface area contributed by atoms with Crippen LogP contribution >= 0.6 is 0 Å². The zero-order chi connectivity index (χ0) is 33.2. The number of likely N-dealkylation sites (tertiary alicyclic amines) is 1. The number of benzene rings is 3. The number of nitrogens with zero attached hydrogens (tertiary/aromatic N) is 2. The number of ether oxygens (including phenoxy) is 2. The maximum Gasteiger partial charge on any atom is 0.311 e. The van der Waals surface area contributed by atoms with Crippen LogP contribution in [0.25, 0.3) is 10.8 Å². The predicted octanol–water partition coefficient (Wildman–Crippen LogP) is 5.45. The second-order valence-electron chi connectivity index (χ2n) is 11.4. The Balaban J connectivity index is 1.64. The fraction of sp³-hybridized carbons (Fsp3) is 0.324. The molecule has 46 heavy (non-hydrogen) atoms. The predicted molar refractivity (Wildman–Crippen MR) is 173 cm³/mol. The van der Waals surface area contributed by atoms with Crippen molar-refractivity contribution >= 4 is 44.0 Å². The minimum atomic E-state index is -3.79. The second kappa shape index (κ2) is 13.3. The summed E-state index contributed by atoms with van der Waals surface area (Å²) in [5, 5.41) is 4.09. The molecule has 0 saturated carbocycles. The number of carbonyl (C=O) groups excluding carboxylic acids is 2. The Morgan fingerprint density at radius 2 is 1.87 bits per heavy atom. The summed E-state index contributed by atoms with van der Waals surface area (Å²) < 4.78 is 52.3. The number of hydrogen-bond donors (Lipinski definition) is 2. The number of rotatable bonds is 10. The van der Waals surface area contributed by atoms with Gasteiger partial charge in [-0.05, 0) is 86.2 Å². The van der Waals surface area contributed by atoms with Crippen LogP contribution in [0.15, 0.2) is 77.8 Å². The van der Waals surface area contributed by atoms with E-state index in [2.05, 4.69) is 10.3 Å². The molecule has 3 N–H and O–H groups in total. The fourth-order valence-electron chi connectivity index (χ4n) is 5.94. The van der Waals surface area contributed by atoms with E-state index in [1.807, 2.05) is 6.07 Å². The highest BCUT2D eigenvalue weighted by Crippen LogP contribution is 2.43. The highest BCUT2D eigenvalue weighted by atomic mass is 32.2. The Kier molecular flexibility index (Phi) is 9.47. The number of amides is 1. The number of sulfone groups is 1. The van der Waals surface area contributed by atoms with Gasteiger partial charge >= 0.3 is 5.97 Å². The first-order chi connectivity index (χ1) is 22.0. The Hall–Kier alpha value is -4.71. The van der Waals surface area contributed by atoms with Crippen molar-refractivity contribution in [1.82, 2.24) is 9.88 Å². The van der Waals surface area contributed by atoms with Gasteiger partial charge in [-0.1, -0.05) is 24.3 Å². The monoisotopic (exact) mass is 648 g/mol. The molecule has 12 heteroatoms. The number of hydrogen-bond acceptors (Lipinski definition) is 9. The third-order valence-electron chi connectivity index (χ3n) is 8.29. The second-order valence-corrected chi connectivity index (χ2v) is 13.8. The molecule has 0 bridgehead atoms. The lowest BCUT2D eigenvalue weighted by molar-refractivity contribution is -0.147. The number of aromatic nitrogens is 1. The van der Waals surface area contributed by atoms with Crippen LogP contribution in [-0.2, 0) is 24.2 Å². The quantitative estimate of drug-likeness (QED) is 0.215. The third-order valence-corrected chi connectivity index (χ3v) is 10.5. The molecule has 1 aliphatic heterocycles. The molecule has 242 valence electrons. The first-order valence-electron chi connectivity index (χ1n) is 15.0. The highest BCUT2D eigenvalue weighted by Gasteiger charge is 2.46. The number of fused-ring (bicyclic) bond motifs is 1. The molecule has 2 heterocycles. The van der Waals surface area contributed by atoms with Gasteiger partial charge in [-0.3, -0.25) is 9.59 Å². The summed E-state index contributed by atoms with van der Waals surface area (Å²) in [5.74, 6) is -2.06. The SMILES string of the molecule is CCOc1cc(C(Nc2ccc3c(N)nccc3c2)C(=O)N2CCC(C(=O)OC)C2c2ccccc2S(=O)(=O)C(C)C)ccc1F. The van der Waals surface area contributed by atoms with Crippen LogP contribution in [0.2, 0.25) is 0 Å². The smallest absolute Gasteiger partial charge is 0.311 e. The normalized spacial score (nSPS) is 17.2. The lowest BCUT2D eigenvalue weighted by Crippen LogP contribution is -2.40. The minimum Gasteiger partial charge on any atom is -0.491 e. The van der Waals surface area contributed by atoms with E-state index in [1.165, 1.54) is 36.3 Å². The Bertz CT molecular complexity index is 1880. The van der Waals surface area contributed by atoms with Crippen molar-refractivity contribution in [3.63, 3.8) is 0 Å². The van der Waals surface area contributed by atoms with Gasteiger partial charge in [0.25, 0.3) is 0 Å². The summed E-state index contributed by atoms with van der Waals surface area (Å²) in [6, 6.07) is 15.8. The lowest BCUT2D eigenvalue weighted by atomic mass is 9.93. The molecule has 3 unspecified atom stereocenters. The molecular formula is C34H37FN4O6S. The van der Waals surface area contributed by atoms with E-state index in [-0.39, 0.29) is 30.2 Å². The fourth-order valence-corrected chi connectivity index (χ4v) is 7.23. The first kappa shape index (κ1) is 32.7. The zero-order valence-electron chi connectivity index (χ0n) is 26.1. The number of pyridine rings is 1. The Morgan fingerprint density at radius 1 is 1.11 bits per heavy atom. The molecule has 5 rings (SSSR count). The van der Waals surface area contributed by atoms with Gasteiger partial charge in [0, 0.05) is 23.8 Å².